The molecule has 1 saturated heterocycles. The zero-order chi connectivity index (χ0) is 16.5. The van der Waals surface area contributed by atoms with E-state index in [1.165, 1.54) is 5.56 Å². The molecule has 2 aliphatic rings. The molecule has 1 N–H and O–H groups in total. The molecule has 24 heavy (non-hydrogen) atoms. The van der Waals surface area contributed by atoms with Gasteiger partial charge in [-0.1, -0.05) is 11.2 Å². The van der Waals surface area contributed by atoms with E-state index in [4.69, 9.17) is 9.47 Å². The summed E-state index contributed by atoms with van der Waals surface area (Å²) in [6.45, 7) is 4.42. The average Bonchev–Trinajstić information content (AvgIpc) is 3.23. The van der Waals surface area contributed by atoms with Gasteiger partial charge in [-0.05, 0) is 47.9 Å². The number of hydrogen-bond acceptors (Lipinski definition) is 7. The van der Waals surface area contributed by atoms with Crippen molar-refractivity contribution in [3.8, 4) is 11.5 Å². The number of anilines is 1. The number of ether oxygens (including phenoxy) is 2. The van der Waals surface area contributed by atoms with Crippen LogP contribution in [0.15, 0.2) is 18.2 Å². The monoisotopic (exact) mass is 330 g/mol. The van der Waals surface area contributed by atoms with Crippen LogP contribution >= 0.6 is 0 Å². The van der Waals surface area contributed by atoms with Crippen molar-refractivity contribution in [3.05, 3.63) is 23.8 Å². The third kappa shape index (κ3) is 2.89. The van der Waals surface area contributed by atoms with Crippen LogP contribution in [0.2, 0.25) is 0 Å². The maximum absolute atomic E-state index is 5.47. The second kappa shape index (κ2) is 6.27. The fourth-order valence-electron chi connectivity index (χ4n) is 3.37. The second-order valence-electron chi connectivity index (χ2n) is 6.36. The van der Waals surface area contributed by atoms with Gasteiger partial charge in [0.1, 0.15) is 0 Å². The lowest BCUT2D eigenvalue weighted by atomic mass is 10.0. The van der Waals surface area contributed by atoms with Crippen LogP contribution in [0.5, 0.6) is 11.5 Å². The maximum Gasteiger partial charge on any atom is 0.245 e. The average molecular weight is 330 g/mol. The Morgan fingerprint density at radius 2 is 2.00 bits per heavy atom. The lowest BCUT2D eigenvalue weighted by molar-refractivity contribution is 0.174. The van der Waals surface area contributed by atoms with Gasteiger partial charge >= 0.3 is 0 Å². The van der Waals surface area contributed by atoms with Gasteiger partial charge in [0.2, 0.25) is 12.7 Å². The number of benzene rings is 1. The smallest absolute Gasteiger partial charge is 0.245 e. The minimum atomic E-state index is 0.271. The van der Waals surface area contributed by atoms with E-state index in [0.717, 1.165) is 43.4 Å². The minimum Gasteiger partial charge on any atom is -0.454 e. The molecule has 0 bridgehead atoms. The van der Waals surface area contributed by atoms with Crippen LogP contribution in [0.4, 0.5) is 5.95 Å². The highest BCUT2D eigenvalue weighted by molar-refractivity contribution is 5.45. The molecule has 3 heterocycles. The Hall–Kier alpha value is -2.35. The van der Waals surface area contributed by atoms with Gasteiger partial charge in [0.05, 0.1) is 0 Å². The van der Waals surface area contributed by atoms with Crippen molar-refractivity contribution in [2.75, 3.05) is 24.8 Å². The molecule has 0 aliphatic carbocycles. The predicted octanol–water partition coefficient (Wildman–Crippen LogP) is 1.26. The summed E-state index contributed by atoms with van der Waals surface area (Å²) in [5.74, 6) is 2.51. The normalized spacial score (nSPS) is 18.8. The molecule has 0 spiro atoms. The minimum absolute atomic E-state index is 0.271. The van der Waals surface area contributed by atoms with Gasteiger partial charge in [-0.2, -0.15) is 0 Å². The topological polar surface area (TPSA) is 77.3 Å². The van der Waals surface area contributed by atoms with Crippen LogP contribution in [-0.4, -0.2) is 46.1 Å². The number of rotatable bonds is 4. The van der Waals surface area contributed by atoms with E-state index in [9.17, 15) is 0 Å². The highest BCUT2D eigenvalue weighted by Crippen LogP contribution is 2.34. The Bertz CT molecular complexity index is 710. The van der Waals surface area contributed by atoms with Crippen LogP contribution in [0.25, 0.3) is 0 Å². The van der Waals surface area contributed by atoms with Crippen LogP contribution in [-0.2, 0) is 7.05 Å². The van der Waals surface area contributed by atoms with E-state index in [0.29, 0.717) is 12.8 Å². The molecule has 1 unspecified atom stereocenters. The summed E-state index contributed by atoms with van der Waals surface area (Å²) in [6.07, 6.45) is 2.14. The van der Waals surface area contributed by atoms with Crippen molar-refractivity contribution in [2.45, 2.75) is 31.8 Å². The number of tetrazole rings is 1. The molecule has 2 aliphatic heterocycles. The molecule has 8 heteroatoms. The van der Waals surface area contributed by atoms with Crippen molar-refractivity contribution in [3.63, 3.8) is 0 Å². The lowest BCUT2D eigenvalue weighted by Crippen LogP contribution is -2.44. The zero-order valence-corrected chi connectivity index (χ0v) is 14.0. The van der Waals surface area contributed by atoms with Gasteiger partial charge in [-0.15, -0.1) is 0 Å². The molecular formula is C16H22N6O2. The second-order valence-corrected chi connectivity index (χ2v) is 6.36. The van der Waals surface area contributed by atoms with Gasteiger partial charge in [0, 0.05) is 32.2 Å². The molecule has 0 radical (unpaired) electrons. The maximum atomic E-state index is 5.47. The highest BCUT2D eigenvalue weighted by atomic mass is 16.7. The molecule has 1 fully saturated rings. The first-order valence-electron chi connectivity index (χ1n) is 8.33. The molecule has 2 aromatic rings. The summed E-state index contributed by atoms with van der Waals surface area (Å²) in [4.78, 5) is 2.24. The molecule has 4 rings (SSSR count). The number of aryl methyl sites for hydroxylation is 1. The zero-order valence-electron chi connectivity index (χ0n) is 14.0. The Kier molecular flexibility index (Phi) is 3.97. The summed E-state index contributed by atoms with van der Waals surface area (Å²) in [6, 6.07) is 6.92. The number of nitrogens with one attached hydrogen (secondary N) is 1. The van der Waals surface area contributed by atoms with E-state index < -0.39 is 0 Å². The van der Waals surface area contributed by atoms with Gasteiger partial charge in [0.15, 0.2) is 11.5 Å². The Labute approximate surface area is 140 Å². The van der Waals surface area contributed by atoms with Crippen molar-refractivity contribution in [2.24, 2.45) is 7.05 Å². The standard InChI is InChI=1S/C16H22N6O2/c1-11(12-3-4-14-15(9-12)24-10-23-14)17-13-5-7-22(8-6-13)16-18-19-20-21(16)2/h3-4,9,11,13,17H,5-8,10H2,1-2H3. The van der Waals surface area contributed by atoms with Gasteiger partial charge in [0.25, 0.3) is 0 Å². The number of nitrogens with zero attached hydrogens (tertiary/aromatic N) is 5. The predicted molar refractivity (Wildman–Crippen MR) is 88.1 cm³/mol. The van der Waals surface area contributed by atoms with Crippen LogP contribution in [0, 0.1) is 0 Å². The Morgan fingerprint density at radius 1 is 1.21 bits per heavy atom. The first-order chi connectivity index (χ1) is 11.7. The molecular weight excluding hydrogens is 308 g/mol. The van der Waals surface area contributed by atoms with Crippen LogP contribution in [0.1, 0.15) is 31.4 Å². The molecule has 0 amide bonds. The largest absolute Gasteiger partial charge is 0.454 e. The lowest BCUT2D eigenvalue weighted by Gasteiger charge is -2.34. The molecule has 1 atom stereocenters. The fourth-order valence-corrected chi connectivity index (χ4v) is 3.37. The van der Waals surface area contributed by atoms with Gasteiger partial charge in [-0.3, -0.25) is 0 Å². The molecule has 8 nitrogen and oxygen atoms in total. The van der Waals surface area contributed by atoms with Crippen LogP contribution < -0.4 is 19.7 Å². The summed E-state index contributed by atoms with van der Waals surface area (Å²) in [7, 11) is 1.88. The third-order valence-corrected chi connectivity index (χ3v) is 4.76. The highest BCUT2D eigenvalue weighted by Gasteiger charge is 2.24. The molecule has 0 saturated carbocycles. The van der Waals surface area contributed by atoms with Crippen molar-refractivity contribution in [1.29, 1.82) is 0 Å². The van der Waals surface area contributed by atoms with Crippen molar-refractivity contribution < 1.29 is 9.47 Å². The summed E-state index contributed by atoms with van der Waals surface area (Å²) in [5.41, 5.74) is 1.22. The van der Waals surface area contributed by atoms with E-state index in [-0.39, 0.29) is 6.04 Å². The number of aromatic nitrogens is 4. The van der Waals surface area contributed by atoms with E-state index in [1.54, 1.807) is 4.68 Å². The number of hydrogen-bond donors (Lipinski definition) is 1. The van der Waals surface area contributed by atoms with Gasteiger partial charge < -0.3 is 19.7 Å². The first-order valence-corrected chi connectivity index (χ1v) is 8.33. The fraction of sp³-hybridized carbons (Fsp3) is 0.562. The summed E-state index contributed by atoms with van der Waals surface area (Å²) >= 11 is 0. The van der Waals surface area contributed by atoms with Gasteiger partial charge in [-0.25, -0.2) is 4.68 Å². The summed E-state index contributed by atoms with van der Waals surface area (Å²) < 4.78 is 12.6. The molecule has 1 aromatic heterocycles. The van der Waals surface area contributed by atoms with Crippen molar-refractivity contribution in [1.82, 2.24) is 25.5 Å². The van der Waals surface area contributed by atoms with E-state index in [2.05, 4.69) is 44.8 Å². The number of piperidine rings is 1. The SMILES string of the molecule is CC(NC1CCN(c2nnnn2C)CC1)c1ccc2c(c1)OCO2. The number of fused-ring (bicyclic) bond motifs is 1. The van der Waals surface area contributed by atoms with Crippen molar-refractivity contribution >= 4 is 5.95 Å². The third-order valence-electron chi connectivity index (χ3n) is 4.76. The molecule has 1 aromatic carbocycles. The quantitative estimate of drug-likeness (QED) is 0.904. The van der Waals surface area contributed by atoms with E-state index in [1.807, 2.05) is 13.1 Å². The Balaban J connectivity index is 1.34. The molecule has 128 valence electrons. The van der Waals surface area contributed by atoms with E-state index >= 15 is 0 Å². The van der Waals surface area contributed by atoms with Crippen LogP contribution in [0.3, 0.4) is 0 Å². The summed E-state index contributed by atoms with van der Waals surface area (Å²) in [5, 5.41) is 15.4. The Morgan fingerprint density at radius 3 is 2.75 bits per heavy atom. The first kappa shape index (κ1) is 15.2.